The molecule has 152 valence electrons. The third-order valence-corrected chi connectivity index (χ3v) is 3.86. The van der Waals surface area contributed by atoms with E-state index in [4.69, 9.17) is 0 Å². The molecule has 1 N–H and O–H groups in total. The second kappa shape index (κ2) is 7.16. The van der Waals surface area contributed by atoms with E-state index in [0.717, 1.165) is 36.4 Å². The Morgan fingerprint density at radius 3 is 1.68 bits per heavy atom. The summed E-state index contributed by atoms with van der Waals surface area (Å²) < 4.78 is 120. The third kappa shape index (κ3) is 4.01. The molecule has 0 heterocycles. The van der Waals surface area contributed by atoms with Crippen LogP contribution < -0.4 is 0 Å². The first-order chi connectivity index (χ1) is 12.7. The van der Waals surface area contributed by atoms with E-state index in [1.54, 1.807) is 0 Å². The zero-order chi connectivity index (χ0) is 21.4. The molecular weight excluding hydrogens is 403 g/mol. The minimum absolute atomic E-state index is 0.0850. The summed E-state index contributed by atoms with van der Waals surface area (Å²) in [5.74, 6) is -6.71. The summed E-state index contributed by atoms with van der Waals surface area (Å²) >= 11 is 0. The molecule has 0 aliphatic carbocycles. The van der Waals surface area contributed by atoms with Crippen LogP contribution in [0.5, 0.6) is 0 Å². The van der Waals surface area contributed by atoms with Crippen molar-refractivity contribution in [3.05, 3.63) is 77.1 Å². The molecular formula is C18H11F9O. The smallest absolute Gasteiger partial charge is 0.375 e. The molecule has 0 spiro atoms. The maximum Gasteiger partial charge on any atom is 0.457 e. The summed E-state index contributed by atoms with van der Waals surface area (Å²) in [5.41, 5.74) is -8.04. The molecule has 2 rings (SSSR count). The Morgan fingerprint density at radius 2 is 1.21 bits per heavy atom. The lowest BCUT2D eigenvalue weighted by atomic mass is 9.82. The van der Waals surface area contributed by atoms with E-state index in [1.807, 2.05) is 0 Å². The number of hydrogen-bond donors (Lipinski definition) is 1. The van der Waals surface area contributed by atoms with Crippen molar-refractivity contribution in [1.82, 2.24) is 0 Å². The van der Waals surface area contributed by atoms with Crippen molar-refractivity contribution in [1.29, 1.82) is 0 Å². The molecule has 0 aliphatic rings. The van der Waals surface area contributed by atoms with E-state index in [2.05, 4.69) is 0 Å². The van der Waals surface area contributed by atoms with Crippen LogP contribution in [0, 0.1) is 5.82 Å². The first-order valence-electron chi connectivity index (χ1n) is 7.48. The molecule has 1 unspecified atom stereocenters. The van der Waals surface area contributed by atoms with Crippen molar-refractivity contribution in [3.8, 4) is 0 Å². The van der Waals surface area contributed by atoms with Crippen LogP contribution >= 0.6 is 0 Å². The van der Waals surface area contributed by atoms with Crippen LogP contribution in [-0.2, 0) is 11.8 Å². The van der Waals surface area contributed by atoms with Crippen LogP contribution in [0.4, 0.5) is 39.5 Å². The minimum Gasteiger partial charge on any atom is -0.375 e. The van der Waals surface area contributed by atoms with Crippen molar-refractivity contribution >= 4 is 6.08 Å². The molecule has 0 aliphatic heterocycles. The fourth-order valence-electron chi connectivity index (χ4n) is 2.43. The summed E-state index contributed by atoms with van der Waals surface area (Å²) in [6, 6.07) is 5.84. The zero-order valence-electron chi connectivity index (χ0n) is 13.6. The highest BCUT2D eigenvalue weighted by molar-refractivity contribution is 5.53. The van der Waals surface area contributed by atoms with Crippen LogP contribution in [0.3, 0.4) is 0 Å². The largest absolute Gasteiger partial charge is 0.457 e. The molecule has 0 aromatic heterocycles. The molecule has 2 aromatic rings. The average Bonchev–Trinajstić information content (AvgIpc) is 2.59. The average molecular weight is 414 g/mol. The van der Waals surface area contributed by atoms with Gasteiger partial charge in [0.15, 0.2) is 5.60 Å². The fourth-order valence-corrected chi connectivity index (χ4v) is 2.43. The second-order valence-electron chi connectivity index (χ2n) is 5.77. The van der Waals surface area contributed by atoms with Crippen molar-refractivity contribution in [3.63, 3.8) is 0 Å². The molecule has 0 amide bonds. The lowest BCUT2D eigenvalue weighted by Gasteiger charge is -2.36. The van der Waals surface area contributed by atoms with Crippen molar-refractivity contribution in [2.75, 3.05) is 0 Å². The number of alkyl halides is 8. The monoisotopic (exact) mass is 414 g/mol. The molecule has 1 nitrogen and oxygen atoms in total. The van der Waals surface area contributed by atoms with Crippen LogP contribution in [0.15, 0.2) is 54.6 Å². The maximum absolute atomic E-state index is 14.1. The Kier molecular flexibility index (Phi) is 5.57. The van der Waals surface area contributed by atoms with Gasteiger partial charge < -0.3 is 5.11 Å². The van der Waals surface area contributed by atoms with E-state index < -0.39 is 40.8 Å². The Morgan fingerprint density at radius 1 is 0.714 bits per heavy atom. The summed E-state index contributed by atoms with van der Waals surface area (Å²) in [7, 11) is 0. The lowest BCUT2D eigenvalue weighted by molar-refractivity contribution is -0.335. The number of hydrogen-bond acceptors (Lipinski definition) is 1. The quantitative estimate of drug-likeness (QED) is 0.614. The van der Waals surface area contributed by atoms with E-state index in [-0.39, 0.29) is 17.7 Å². The zero-order valence-corrected chi connectivity index (χ0v) is 13.6. The molecule has 2 aromatic carbocycles. The van der Waals surface area contributed by atoms with Gasteiger partial charge in [0.05, 0.1) is 5.56 Å². The first kappa shape index (κ1) is 21.8. The van der Waals surface area contributed by atoms with Crippen molar-refractivity contribution in [2.45, 2.75) is 23.9 Å². The van der Waals surface area contributed by atoms with Gasteiger partial charge in [0, 0.05) is 5.56 Å². The number of halogens is 9. The van der Waals surface area contributed by atoms with Crippen LogP contribution in [0.2, 0.25) is 0 Å². The van der Waals surface area contributed by atoms with Gasteiger partial charge in [-0.25, -0.2) is 4.39 Å². The Balaban J connectivity index is 2.73. The van der Waals surface area contributed by atoms with Gasteiger partial charge in [-0.15, -0.1) is 0 Å². The second-order valence-corrected chi connectivity index (χ2v) is 5.77. The van der Waals surface area contributed by atoms with Crippen LogP contribution in [0.1, 0.15) is 16.7 Å². The highest BCUT2D eigenvalue weighted by atomic mass is 19.4. The summed E-state index contributed by atoms with van der Waals surface area (Å²) in [5, 5.41) is 10.3. The third-order valence-electron chi connectivity index (χ3n) is 3.86. The first-order valence-corrected chi connectivity index (χ1v) is 7.48. The molecule has 0 saturated heterocycles. The highest BCUT2D eigenvalue weighted by Gasteiger charge is 2.70. The Hall–Kier alpha value is -2.49. The van der Waals surface area contributed by atoms with Gasteiger partial charge in [-0.3, -0.25) is 0 Å². The molecule has 1 atom stereocenters. The number of benzene rings is 2. The Labute approximate surface area is 152 Å². The standard InChI is InChI=1S/C18H11F9O/c19-12-7-5-11(6-8-12)9-10-15(28,17(23,24)18(25,26)27)13-3-1-2-4-14(13)16(20,21)22/h1-10,28H/b10-9+. The maximum atomic E-state index is 14.1. The van der Waals surface area contributed by atoms with E-state index >= 15 is 0 Å². The van der Waals surface area contributed by atoms with Crippen molar-refractivity contribution in [2.24, 2.45) is 0 Å². The fraction of sp³-hybridized carbons (Fsp3) is 0.222. The SMILES string of the molecule is OC(/C=C/c1ccc(F)cc1)(c1ccccc1C(F)(F)F)C(F)(F)C(F)(F)F. The van der Waals surface area contributed by atoms with E-state index in [9.17, 15) is 44.6 Å². The van der Waals surface area contributed by atoms with Gasteiger partial charge in [-0.2, -0.15) is 35.1 Å². The summed E-state index contributed by atoms with van der Waals surface area (Å²) in [6.45, 7) is 0. The molecule has 0 radical (unpaired) electrons. The van der Waals surface area contributed by atoms with Crippen LogP contribution in [0.25, 0.3) is 6.08 Å². The summed E-state index contributed by atoms with van der Waals surface area (Å²) in [4.78, 5) is 0. The van der Waals surface area contributed by atoms with Gasteiger partial charge in [0.1, 0.15) is 5.82 Å². The van der Waals surface area contributed by atoms with E-state index in [1.165, 1.54) is 0 Å². The normalized spacial score (nSPS) is 15.6. The highest BCUT2D eigenvalue weighted by Crippen LogP contribution is 2.51. The topological polar surface area (TPSA) is 20.2 Å². The predicted molar refractivity (Wildman–Crippen MR) is 81.8 cm³/mol. The number of aliphatic hydroxyl groups is 1. The number of rotatable bonds is 4. The van der Waals surface area contributed by atoms with Gasteiger partial charge >= 0.3 is 18.3 Å². The van der Waals surface area contributed by atoms with Gasteiger partial charge in [-0.05, 0) is 29.8 Å². The molecule has 0 fully saturated rings. The predicted octanol–water partition coefficient (Wildman–Crippen LogP) is 5.94. The molecule has 0 bridgehead atoms. The van der Waals surface area contributed by atoms with Gasteiger partial charge in [-0.1, -0.05) is 36.4 Å². The summed E-state index contributed by atoms with van der Waals surface area (Å²) in [6.07, 6.45) is -11.2. The van der Waals surface area contributed by atoms with Crippen LogP contribution in [-0.4, -0.2) is 17.2 Å². The van der Waals surface area contributed by atoms with E-state index in [0.29, 0.717) is 12.1 Å². The Bertz CT molecular complexity index is 851. The minimum atomic E-state index is -6.37. The molecule has 28 heavy (non-hydrogen) atoms. The van der Waals surface area contributed by atoms with Crippen molar-refractivity contribution < 1.29 is 44.6 Å². The van der Waals surface area contributed by atoms with Gasteiger partial charge in [0.2, 0.25) is 0 Å². The lowest BCUT2D eigenvalue weighted by Crippen LogP contribution is -2.54. The van der Waals surface area contributed by atoms with Gasteiger partial charge in [0.25, 0.3) is 0 Å². The molecule has 10 heteroatoms. The molecule has 0 saturated carbocycles.